The normalized spacial score (nSPS) is 17.6. The van der Waals surface area contributed by atoms with Crippen LogP contribution in [0.4, 0.5) is 8.78 Å². The van der Waals surface area contributed by atoms with Crippen molar-refractivity contribution in [1.29, 1.82) is 0 Å². The van der Waals surface area contributed by atoms with Gasteiger partial charge in [0.15, 0.2) is 0 Å². The fourth-order valence-electron chi connectivity index (χ4n) is 2.72. The Morgan fingerprint density at radius 2 is 1.83 bits per heavy atom. The maximum absolute atomic E-state index is 14.2. The molecular weight excluding hydrogens is 338 g/mol. The molecule has 1 aromatic rings. The van der Waals surface area contributed by atoms with Crippen LogP contribution in [0.25, 0.3) is 0 Å². The van der Waals surface area contributed by atoms with Crippen LogP contribution < -0.4 is 5.32 Å². The first kappa shape index (κ1) is 18.8. The van der Waals surface area contributed by atoms with Crippen LogP contribution in [0.3, 0.4) is 0 Å². The maximum Gasteiger partial charge on any atom is 0.349 e. The molecule has 1 heterocycles. The molecule has 134 valence electrons. The Morgan fingerprint density at radius 1 is 1.25 bits per heavy atom. The van der Waals surface area contributed by atoms with Crippen molar-refractivity contribution in [2.45, 2.75) is 38.2 Å². The van der Waals surface area contributed by atoms with E-state index in [0.717, 1.165) is 0 Å². The molecule has 2 rings (SSSR count). The average molecular weight is 360 g/mol. The van der Waals surface area contributed by atoms with Gasteiger partial charge in [0.25, 0.3) is 5.91 Å². The molecule has 1 saturated heterocycles. The number of alkyl halides is 2. The van der Waals surface area contributed by atoms with Gasteiger partial charge in [-0.05, 0) is 19.3 Å². The molecule has 0 spiro atoms. The SMILES string of the molecule is CCCS(=O)(=O)N1CCC(NC(=O)C(F)(F)c2ccccc2)CC1. The van der Waals surface area contributed by atoms with Gasteiger partial charge in [0.2, 0.25) is 10.0 Å². The van der Waals surface area contributed by atoms with Gasteiger partial charge in [0.05, 0.1) is 5.75 Å². The lowest BCUT2D eigenvalue weighted by atomic mass is 10.0. The molecule has 0 atom stereocenters. The van der Waals surface area contributed by atoms with Gasteiger partial charge < -0.3 is 5.32 Å². The summed E-state index contributed by atoms with van der Waals surface area (Å²) in [5.41, 5.74) is -0.356. The number of halogens is 2. The highest BCUT2D eigenvalue weighted by Gasteiger charge is 2.42. The number of benzene rings is 1. The number of hydrogen-bond donors (Lipinski definition) is 1. The van der Waals surface area contributed by atoms with Crippen molar-refractivity contribution in [3.63, 3.8) is 0 Å². The van der Waals surface area contributed by atoms with E-state index in [4.69, 9.17) is 0 Å². The topological polar surface area (TPSA) is 66.5 Å². The Bertz CT molecular complexity index is 657. The minimum atomic E-state index is -3.60. The highest BCUT2D eigenvalue weighted by Crippen LogP contribution is 2.28. The number of rotatable bonds is 6. The van der Waals surface area contributed by atoms with Gasteiger partial charge in [-0.1, -0.05) is 37.3 Å². The second-order valence-electron chi connectivity index (χ2n) is 5.90. The summed E-state index contributed by atoms with van der Waals surface area (Å²) in [6, 6.07) is 6.48. The number of carbonyl (C=O) groups is 1. The second kappa shape index (κ2) is 7.57. The lowest BCUT2D eigenvalue weighted by Crippen LogP contribution is -2.50. The summed E-state index contributed by atoms with van der Waals surface area (Å²) in [6.07, 6.45) is 1.20. The summed E-state index contributed by atoms with van der Waals surface area (Å²) in [4.78, 5) is 11.9. The average Bonchev–Trinajstić information content (AvgIpc) is 2.56. The van der Waals surface area contributed by atoms with E-state index in [9.17, 15) is 22.0 Å². The number of nitrogens with zero attached hydrogens (tertiary/aromatic N) is 1. The van der Waals surface area contributed by atoms with Crippen LogP contribution in [0.2, 0.25) is 0 Å². The molecular formula is C16H22F2N2O3S. The van der Waals surface area contributed by atoms with Crippen molar-refractivity contribution >= 4 is 15.9 Å². The van der Waals surface area contributed by atoms with E-state index in [1.54, 1.807) is 13.0 Å². The lowest BCUT2D eigenvalue weighted by molar-refractivity contribution is -0.148. The van der Waals surface area contributed by atoms with Gasteiger partial charge in [-0.3, -0.25) is 4.79 Å². The largest absolute Gasteiger partial charge is 0.349 e. The summed E-state index contributed by atoms with van der Waals surface area (Å²) in [5.74, 6) is -4.87. The smallest absolute Gasteiger partial charge is 0.348 e. The predicted octanol–water partition coefficient (Wildman–Crippen LogP) is 2.10. The molecule has 0 unspecified atom stereocenters. The minimum Gasteiger partial charge on any atom is -0.348 e. The summed E-state index contributed by atoms with van der Waals surface area (Å²) in [5, 5.41) is 2.35. The molecule has 0 bridgehead atoms. The molecule has 1 aliphatic rings. The standard InChI is InChI=1S/C16H22F2N2O3S/c1-2-12-24(22,23)20-10-8-14(9-11-20)19-15(21)16(17,18)13-6-4-3-5-7-13/h3-7,14H,2,8-12H2,1H3,(H,19,21). The Morgan fingerprint density at radius 3 is 2.38 bits per heavy atom. The van der Waals surface area contributed by atoms with E-state index in [2.05, 4.69) is 5.32 Å². The molecule has 0 aliphatic carbocycles. The summed E-state index contributed by atoms with van der Waals surface area (Å²) < 4.78 is 53.6. The van der Waals surface area contributed by atoms with E-state index in [0.29, 0.717) is 19.3 Å². The van der Waals surface area contributed by atoms with E-state index in [1.807, 2.05) is 0 Å². The molecule has 1 fully saturated rings. The molecule has 24 heavy (non-hydrogen) atoms. The molecule has 8 heteroatoms. The van der Waals surface area contributed by atoms with Crippen molar-refractivity contribution in [3.8, 4) is 0 Å². The number of carbonyl (C=O) groups excluding carboxylic acids is 1. The van der Waals surface area contributed by atoms with Crippen LogP contribution >= 0.6 is 0 Å². The third-order valence-electron chi connectivity index (χ3n) is 4.07. The van der Waals surface area contributed by atoms with Crippen LogP contribution in [-0.4, -0.2) is 43.5 Å². The molecule has 0 aromatic heterocycles. The molecule has 1 N–H and O–H groups in total. The molecule has 0 radical (unpaired) electrons. The minimum absolute atomic E-state index is 0.0795. The molecule has 5 nitrogen and oxygen atoms in total. The van der Waals surface area contributed by atoms with E-state index >= 15 is 0 Å². The molecule has 0 saturated carbocycles. The fraction of sp³-hybridized carbons (Fsp3) is 0.562. The van der Waals surface area contributed by atoms with Crippen LogP contribution in [0.5, 0.6) is 0 Å². The lowest BCUT2D eigenvalue weighted by Gasteiger charge is -2.32. The maximum atomic E-state index is 14.2. The van der Waals surface area contributed by atoms with Crippen molar-refractivity contribution in [2.75, 3.05) is 18.8 Å². The van der Waals surface area contributed by atoms with Crippen molar-refractivity contribution in [2.24, 2.45) is 0 Å². The number of hydrogen-bond acceptors (Lipinski definition) is 3. The first-order valence-corrected chi connectivity index (χ1v) is 9.60. The highest BCUT2D eigenvalue weighted by atomic mass is 32.2. The third-order valence-corrected chi connectivity index (χ3v) is 6.14. The zero-order chi connectivity index (χ0) is 17.8. The monoisotopic (exact) mass is 360 g/mol. The number of nitrogens with one attached hydrogen (secondary N) is 1. The van der Waals surface area contributed by atoms with E-state index in [-0.39, 0.29) is 24.4 Å². The van der Waals surface area contributed by atoms with Gasteiger partial charge in [-0.15, -0.1) is 0 Å². The van der Waals surface area contributed by atoms with Gasteiger partial charge in [0.1, 0.15) is 0 Å². The summed E-state index contributed by atoms with van der Waals surface area (Å²) in [7, 11) is -3.28. The predicted molar refractivity (Wildman–Crippen MR) is 87.2 cm³/mol. The van der Waals surface area contributed by atoms with Crippen molar-refractivity contribution < 1.29 is 22.0 Å². The number of sulfonamides is 1. The summed E-state index contributed by atoms with van der Waals surface area (Å²) >= 11 is 0. The van der Waals surface area contributed by atoms with Gasteiger partial charge in [0, 0.05) is 24.7 Å². The fourth-order valence-corrected chi connectivity index (χ4v) is 4.26. The quantitative estimate of drug-likeness (QED) is 0.845. The third kappa shape index (κ3) is 4.30. The Kier molecular flexibility index (Phi) is 5.92. The van der Waals surface area contributed by atoms with Crippen LogP contribution in [0, 0.1) is 0 Å². The van der Waals surface area contributed by atoms with Gasteiger partial charge >= 0.3 is 5.92 Å². The van der Waals surface area contributed by atoms with Crippen molar-refractivity contribution in [3.05, 3.63) is 35.9 Å². The second-order valence-corrected chi connectivity index (χ2v) is 7.99. The molecule has 1 amide bonds. The van der Waals surface area contributed by atoms with Crippen LogP contribution in [-0.2, 0) is 20.7 Å². The molecule has 1 aliphatic heterocycles. The van der Waals surface area contributed by atoms with Gasteiger partial charge in [-0.25, -0.2) is 12.7 Å². The van der Waals surface area contributed by atoms with E-state index < -0.39 is 27.9 Å². The van der Waals surface area contributed by atoms with Crippen LogP contribution in [0.15, 0.2) is 30.3 Å². The van der Waals surface area contributed by atoms with Crippen molar-refractivity contribution in [1.82, 2.24) is 9.62 Å². The van der Waals surface area contributed by atoms with Gasteiger partial charge in [-0.2, -0.15) is 8.78 Å². The number of amides is 1. The Balaban J connectivity index is 1.93. The van der Waals surface area contributed by atoms with Crippen LogP contribution in [0.1, 0.15) is 31.7 Å². The highest BCUT2D eigenvalue weighted by molar-refractivity contribution is 7.89. The molecule has 1 aromatic carbocycles. The Hall–Kier alpha value is -1.54. The number of piperidine rings is 1. The first-order chi connectivity index (χ1) is 11.3. The first-order valence-electron chi connectivity index (χ1n) is 7.99. The van der Waals surface area contributed by atoms with E-state index in [1.165, 1.54) is 28.6 Å². The zero-order valence-electron chi connectivity index (χ0n) is 13.5. The zero-order valence-corrected chi connectivity index (χ0v) is 14.4. The summed E-state index contributed by atoms with van der Waals surface area (Å²) in [6.45, 7) is 2.27. The Labute approximate surface area is 141 Å².